The molecule has 1 heterocycles. The first-order valence-corrected chi connectivity index (χ1v) is 8.58. The first-order valence-electron chi connectivity index (χ1n) is 7.38. The fourth-order valence-electron chi connectivity index (χ4n) is 1.92. The summed E-state index contributed by atoms with van der Waals surface area (Å²) in [6.45, 7) is 6.13. The van der Waals surface area contributed by atoms with E-state index in [1.165, 1.54) is 16.2 Å². The van der Waals surface area contributed by atoms with E-state index in [4.69, 9.17) is 11.6 Å². The number of anilines is 1. The zero-order valence-electron chi connectivity index (χ0n) is 14.3. The van der Waals surface area contributed by atoms with E-state index in [9.17, 15) is 9.59 Å². The highest BCUT2D eigenvalue weighted by atomic mass is 35.5. The summed E-state index contributed by atoms with van der Waals surface area (Å²) < 4.78 is 0. The van der Waals surface area contributed by atoms with E-state index in [-0.39, 0.29) is 17.2 Å². The van der Waals surface area contributed by atoms with Crippen LogP contribution in [0.5, 0.6) is 0 Å². The van der Waals surface area contributed by atoms with Crippen molar-refractivity contribution in [3.63, 3.8) is 0 Å². The van der Waals surface area contributed by atoms with Gasteiger partial charge in [0, 0.05) is 25.1 Å². The molecule has 0 spiro atoms. The van der Waals surface area contributed by atoms with Crippen LogP contribution in [-0.2, 0) is 5.41 Å². The van der Waals surface area contributed by atoms with E-state index < -0.39 is 0 Å². The van der Waals surface area contributed by atoms with Crippen LogP contribution in [0.1, 0.15) is 45.8 Å². The summed E-state index contributed by atoms with van der Waals surface area (Å²) >= 11 is 7.48. The van der Waals surface area contributed by atoms with Crippen LogP contribution < -0.4 is 5.32 Å². The lowest BCUT2D eigenvalue weighted by atomic mass is 9.98. The fraction of sp³-hybridized carbons (Fsp3) is 0.353. The highest BCUT2D eigenvalue weighted by Gasteiger charge is 2.21. The maximum Gasteiger partial charge on any atom is 0.267 e. The molecule has 2 rings (SSSR count). The van der Waals surface area contributed by atoms with Gasteiger partial charge in [-0.1, -0.05) is 32.4 Å². The number of halogens is 1. The van der Waals surface area contributed by atoms with Gasteiger partial charge in [0.05, 0.1) is 21.9 Å². The van der Waals surface area contributed by atoms with Gasteiger partial charge in [0.2, 0.25) is 0 Å². The van der Waals surface area contributed by atoms with Crippen molar-refractivity contribution in [3.8, 4) is 0 Å². The second-order valence-electron chi connectivity index (χ2n) is 6.63. The SMILES string of the molecule is CN(C)C(=O)c1ccc(Cl)c(NC(=O)c2cnc(C(C)(C)C)s2)c1. The molecule has 1 N–H and O–H groups in total. The van der Waals surface area contributed by atoms with E-state index in [1.807, 2.05) is 20.8 Å². The van der Waals surface area contributed by atoms with Crippen LogP contribution >= 0.6 is 22.9 Å². The third-order valence-corrected chi connectivity index (χ3v) is 4.99. The summed E-state index contributed by atoms with van der Waals surface area (Å²) in [7, 11) is 3.33. The monoisotopic (exact) mass is 365 g/mol. The van der Waals surface area contributed by atoms with Crippen molar-refractivity contribution < 1.29 is 9.59 Å². The Bertz CT molecular complexity index is 778. The Morgan fingerprint density at radius 3 is 2.46 bits per heavy atom. The van der Waals surface area contributed by atoms with Crippen molar-refractivity contribution >= 4 is 40.4 Å². The van der Waals surface area contributed by atoms with Gasteiger partial charge in [0.1, 0.15) is 4.88 Å². The van der Waals surface area contributed by atoms with Crippen molar-refractivity contribution in [2.24, 2.45) is 0 Å². The summed E-state index contributed by atoms with van der Waals surface area (Å²) in [4.78, 5) is 30.7. The van der Waals surface area contributed by atoms with E-state index in [0.717, 1.165) is 5.01 Å². The number of aromatic nitrogens is 1. The van der Waals surface area contributed by atoms with Crippen LogP contribution in [0.3, 0.4) is 0 Å². The molecule has 0 saturated heterocycles. The Labute approximate surface area is 150 Å². The quantitative estimate of drug-likeness (QED) is 0.892. The van der Waals surface area contributed by atoms with Crippen LogP contribution in [0.25, 0.3) is 0 Å². The average Bonchev–Trinajstić information content (AvgIpc) is 2.98. The Balaban J connectivity index is 2.24. The van der Waals surface area contributed by atoms with Crippen molar-refractivity contribution in [2.75, 3.05) is 19.4 Å². The molecule has 0 aliphatic heterocycles. The predicted octanol–water partition coefficient (Wildman–Crippen LogP) is 4.05. The Morgan fingerprint density at radius 2 is 1.92 bits per heavy atom. The molecule has 0 bridgehead atoms. The van der Waals surface area contributed by atoms with Crippen molar-refractivity contribution in [2.45, 2.75) is 26.2 Å². The Hall–Kier alpha value is -1.92. The molecule has 0 unspecified atom stereocenters. The minimum Gasteiger partial charge on any atom is -0.345 e. The highest BCUT2D eigenvalue weighted by molar-refractivity contribution is 7.13. The molecule has 24 heavy (non-hydrogen) atoms. The second-order valence-corrected chi connectivity index (χ2v) is 8.07. The number of nitrogens with one attached hydrogen (secondary N) is 1. The van der Waals surface area contributed by atoms with Gasteiger partial charge in [0.15, 0.2) is 0 Å². The third-order valence-electron chi connectivity index (χ3n) is 3.24. The van der Waals surface area contributed by atoms with Gasteiger partial charge in [-0.25, -0.2) is 4.98 Å². The van der Waals surface area contributed by atoms with Crippen molar-refractivity contribution in [1.82, 2.24) is 9.88 Å². The van der Waals surface area contributed by atoms with Crippen LogP contribution in [-0.4, -0.2) is 35.8 Å². The number of hydrogen-bond acceptors (Lipinski definition) is 4. The number of benzene rings is 1. The lowest BCUT2D eigenvalue weighted by molar-refractivity contribution is 0.0827. The molecule has 0 atom stereocenters. The van der Waals surface area contributed by atoms with Gasteiger partial charge in [-0.15, -0.1) is 11.3 Å². The lowest BCUT2D eigenvalue weighted by Crippen LogP contribution is -2.22. The van der Waals surface area contributed by atoms with Crippen LogP contribution in [0, 0.1) is 0 Å². The highest BCUT2D eigenvalue weighted by Crippen LogP contribution is 2.28. The van der Waals surface area contributed by atoms with E-state index in [0.29, 0.717) is 21.2 Å². The summed E-state index contributed by atoms with van der Waals surface area (Å²) in [5.74, 6) is -0.450. The molecule has 128 valence electrons. The average molecular weight is 366 g/mol. The van der Waals surface area contributed by atoms with E-state index in [1.54, 1.807) is 38.5 Å². The number of nitrogens with zero attached hydrogens (tertiary/aromatic N) is 2. The zero-order chi connectivity index (χ0) is 18.1. The molecule has 2 aromatic rings. The maximum atomic E-state index is 12.4. The molecule has 0 saturated carbocycles. The van der Waals surface area contributed by atoms with Crippen LogP contribution in [0.15, 0.2) is 24.4 Å². The summed E-state index contributed by atoms with van der Waals surface area (Å²) in [5.41, 5.74) is 0.748. The van der Waals surface area contributed by atoms with Gasteiger partial charge < -0.3 is 10.2 Å². The van der Waals surface area contributed by atoms with E-state index in [2.05, 4.69) is 10.3 Å². The number of thiazole rings is 1. The Kier molecular flexibility index (Phi) is 5.30. The molecule has 0 aliphatic carbocycles. The second kappa shape index (κ2) is 6.91. The van der Waals surface area contributed by atoms with E-state index >= 15 is 0 Å². The molecule has 1 aromatic carbocycles. The normalized spacial score (nSPS) is 11.2. The minimum atomic E-state index is -0.292. The minimum absolute atomic E-state index is 0.112. The van der Waals surface area contributed by atoms with Crippen molar-refractivity contribution in [3.05, 3.63) is 44.9 Å². The molecule has 0 fully saturated rings. The number of rotatable bonds is 3. The summed E-state index contributed by atoms with van der Waals surface area (Å²) in [5, 5.41) is 4.01. The number of hydrogen-bond donors (Lipinski definition) is 1. The molecule has 0 aliphatic rings. The molecule has 2 amide bonds. The van der Waals surface area contributed by atoms with Crippen LogP contribution in [0.4, 0.5) is 5.69 Å². The number of carbonyl (C=O) groups excluding carboxylic acids is 2. The predicted molar refractivity (Wildman–Crippen MR) is 98.2 cm³/mol. The van der Waals surface area contributed by atoms with Crippen molar-refractivity contribution in [1.29, 1.82) is 0 Å². The smallest absolute Gasteiger partial charge is 0.267 e. The topological polar surface area (TPSA) is 62.3 Å². The first-order chi connectivity index (χ1) is 11.1. The first kappa shape index (κ1) is 18.4. The number of carbonyl (C=O) groups is 2. The summed E-state index contributed by atoms with van der Waals surface area (Å²) in [6, 6.07) is 4.81. The van der Waals surface area contributed by atoms with Gasteiger partial charge in [-0.05, 0) is 18.2 Å². The lowest BCUT2D eigenvalue weighted by Gasteiger charge is -2.13. The summed E-state index contributed by atoms with van der Waals surface area (Å²) in [6.07, 6.45) is 1.56. The molecular formula is C17H20ClN3O2S. The molecular weight excluding hydrogens is 346 g/mol. The maximum absolute atomic E-state index is 12.4. The largest absolute Gasteiger partial charge is 0.345 e. The molecule has 1 aromatic heterocycles. The molecule has 5 nitrogen and oxygen atoms in total. The van der Waals surface area contributed by atoms with Gasteiger partial charge in [0.25, 0.3) is 11.8 Å². The molecule has 7 heteroatoms. The third kappa shape index (κ3) is 4.13. The fourth-order valence-corrected chi connectivity index (χ4v) is 2.96. The Morgan fingerprint density at radius 1 is 1.25 bits per heavy atom. The van der Waals surface area contributed by atoms with Crippen LogP contribution in [0.2, 0.25) is 5.02 Å². The van der Waals surface area contributed by atoms with Gasteiger partial charge in [-0.3, -0.25) is 9.59 Å². The standard InChI is InChI=1S/C17H20ClN3O2S/c1-17(2,3)16-19-9-13(24-16)14(22)20-12-8-10(6-7-11(12)18)15(23)21(4)5/h6-9H,1-5H3,(H,20,22). The van der Waals surface area contributed by atoms with Gasteiger partial charge in [-0.2, -0.15) is 0 Å². The molecule has 0 radical (unpaired) electrons. The zero-order valence-corrected chi connectivity index (χ0v) is 15.9. The van der Waals surface area contributed by atoms with Gasteiger partial charge >= 0.3 is 0 Å². The number of amides is 2.